The fraction of sp³-hybridized carbons (Fsp3) is 0.111. The number of para-hydroxylation sites is 1. The van der Waals surface area contributed by atoms with E-state index in [4.69, 9.17) is 12.2 Å². The van der Waals surface area contributed by atoms with E-state index < -0.39 is 0 Å². The molecule has 0 saturated carbocycles. The molecule has 0 aliphatic heterocycles. The normalized spacial score (nSPS) is 10.8. The van der Waals surface area contributed by atoms with E-state index >= 15 is 0 Å². The van der Waals surface area contributed by atoms with E-state index in [1.807, 2.05) is 67.1 Å². The van der Waals surface area contributed by atoms with Crippen LogP contribution in [-0.2, 0) is 7.05 Å². The smallest absolute Gasteiger partial charge is 0.263 e. The summed E-state index contributed by atoms with van der Waals surface area (Å²) in [6, 6.07) is 16.0. The number of benzene rings is 2. The molecule has 0 saturated heterocycles. The lowest BCUT2D eigenvalue weighted by Gasteiger charge is -2.11. The molecule has 7 nitrogen and oxygen atoms in total. The largest absolute Gasteiger partial charge is 0.331 e. The Labute approximate surface area is 155 Å². The molecule has 0 aliphatic carbocycles. The van der Waals surface area contributed by atoms with E-state index in [-0.39, 0.29) is 0 Å². The number of anilines is 2. The number of rotatable bonds is 3. The SMILES string of the molecule is Cc1ccc(NC(=S)NNc2nnc3c4ccccc4n(C)c3n2)cc1. The Morgan fingerprint density at radius 1 is 1.04 bits per heavy atom. The maximum atomic E-state index is 5.28. The topological polar surface area (TPSA) is 79.7 Å². The summed E-state index contributed by atoms with van der Waals surface area (Å²) in [5, 5.41) is 13.0. The molecule has 26 heavy (non-hydrogen) atoms. The molecule has 0 bridgehead atoms. The molecule has 0 unspecified atom stereocenters. The molecule has 0 fully saturated rings. The summed E-state index contributed by atoms with van der Waals surface area (Å²) in [5.41, 5.74) is 10.4. The van der Waals surface area contributed by atoms with Crippen LogP contribution in [0.5, 0.6) is 0 Å². The molecule has 0 radical (unpaired) electrons. The maximum absolute atomic E-state index is 5.28. The van der Waals surface area contributed by atoms with Crippen LogP contribution < -0.4 is 16.2 Å². The van der Waals surface area contributed by atoms with Gasteiger partial charge in [0, 0.05) is 18.1 Å². The minimum atomic E-state index is 0.344. The van der Waals surface area contributed by atoms with E-state index in [1.54, 1.807) is 0 Å². The summed E-state index contributed by atoms with van der Waals surface area (Å²) in [7, 11) is 1.96. The fourth-order valence-corrected chi connectivity index (χ4v) is 2.94. The number of fused-ring (bicyclic) bond motifs is 3. The lowest BCUT2D eigenvalue weighted by atomic mass is 10.2. The van der Waals surface area contributed by atoms with E-state index in [1.165, 1.54) is 5.56 Å². The van der Waals surface area contributed by atoms with Gasteiger partial charge in [0.05, 0.1) is 5.52 Å². The number of nitrogens with zero attached hydrogens (tertiary/aromatic N) is 4. The Hall–Kier alpha value is -3.26. The third-order valence-corrected chi connectivity index (χ3v) is 4.31. The van der Waals surface area contributed by atoms with Crippen LogP contribution in [0.3, 0.4) is 0 Å². The highest BCUT2D eigenvalue weighted by Crippen LogP contribution is 2.24. The van der Waals surface area contributed by atoms with Crippen LogP contribution in [0.15, 0.2) is 48.5 Å². The standard InChI is InChI=1S/C18H17N7S/c1-11-7-9-12(10-8-11)19-18(26)24-23-17-20-16-15(21-22-17)13-5-3-4-6-14(13)25(16)2/h3-10H,1-2H3,(H2,19,24,26)(H,20,22,23). The van der Waals surface area contributed by atoms with Gasteiger partial charge in [0.15, 0.2) is 10.8 Å². The van der Waals surface area contributed by atoms with Gasteiger partial charge in [-0.25, -0.2) is 0 Å². The fourth-order valence-electron chi connectivity index (χ4n) is 2.77. The minimum Gasteiger partial charge on any atom is -0.331 e. The second kappa shape index (κ2) is 6.57. The molecule has 0 aliphatic rings. The number of thiocarbonyl (C=S) groups is 1. The van der Waals surface area contributed by atoms with Crippen molar-refractivity contribution in [2.75, 3.05) is 10.7 Å². The van der Waals surface area contributed by atoms with Crippen molar-refractivity contribution >= 4 is 51.0 Å². The first kappa shape index (κ1) is 16.2. The van der Waals surface area contributed by atoms with Gasteiger partial charge in [-0.05, 0) is 37.3 Å². The zero-order valence-electron chi connectivity index (χ0n) is 14.3. The number of hydrogen-bond donors (Lipinski definition) is 3. The monoisotopic (exact) mass is 363 g/mol. The molecule has 0 amide bonds. The van der Waals surface area contributed by atoms with Crippen LogP contribution in [0.4, 0.5) is 11.6 Å². The maximum Gasteiger partial charge on any atom is 0.263 e. The molecule has 8 heteroatoms. The summed E-state index contributed by atoms with van der Waals surface area (Å²) in [6.07, 6.45) is 0. The molecule has 2 aromatic carbocycles. The lowest BCUT2D eigenvalue weighted by Crippen LogP contribution is -2.34. The van der Waals surface area contributed by atoms with Crippen molar-refractivity contribution in [2.45, 2.75) is 6.92 Å². The molecule has 130 valence electrons. The Morgan fingerprint density at radius 2 is 1.81 bits per heavy atom. The van der Waals surface area contributed by atoms with Gasteiger partial charge in [0.25, 0.3) is 5.95 Å². The highest BCUT2D eigenvalue weighted by atomic mass is 32.1. The van der Waals surface area contributed by atoms with Crippen LogP contribution >= 0.6 is 12.2 Å². The number of aryl methyl sites for hydroxylation is 2. The van der Waals surface area contributed by atoms with Gasteiger partial charge in [0.2, 0.25) is 0 Å². The van der Waals surface area contributed by atoms with Crippen molar-refractivity contribution in [3.05, 3.63) is 54.1 Å². The van der Waals surface area contributed by atoms with Gasteiger partial charge < -0.3 is 9.88 Å². The number of hydrogen-bond acceptors (Lipinski definition) is 5. The molecule has 0 atom stereocenters. The van der Waals surface area contributed by atoms with Crippen LogP contribution in [0.1, 0.15) is 5.56 Å². The third kappa shape index (κ3) is 3.02. The van der Waals surface area contributed by atoms with E-state index in [2.05, 4.69) is 31.3 Å². The Morgan fingerprint density at radius 3 is 2.62 bits per heavy atom. The van der Waals surface area contributed by atoms with Crippen LogP contribution in [0.2, 0.25) is 0 Å². The predicted octanol–water partition coefficient (Wildman–Crippen LogP) is 3.14. The third-order valence-electron chi connectivity index (χ3n) is 4.10. The Bertz CT molecular complexity index is 1100. The first-order valence-corrected chi connectivity index (χ1v) is 8.50. The van der Waals surface area contributed by atoms with Gasteiger partial charge >= 0.3 is 0 Å². The highest BCUT2D eigenvalue weighted by Gasteiger charge is 2.12. The predicted molar refractivity (Wildman–Crippen MR) is 108 cm³/mol. The first-order valence-electron chi connectivity index (χ1n) is 8.09. The van der Waals surface area contributed by atoms with Gasteiger partial charge in [-0.3, -0.25) is 10.9 Å². The van der Waals surface area contributed by atoms with Gasteiger partial charge in [0.1, 0.15) is 5.52 Å². The van der Waals surface area contributed by atoms with Gasteiger partial charge in [-0.1, -0.05) is 35.9 Å². The quantitative estimate of drug-likeness (QED) is 0.381. The van der Waals surface area contributed by atoms with Crippen LogP contribution in [0.25, 0.3) is 22.1 Å². The zero-order chi connectivity index (χ0) is 18.1. The Kier molecular flexibility index (Phi) is 4.10. The average Bonchev–Trinajstić information content (AvgIpc) is 2.94. The summed E-state index contributed by atoms with van der Waals surface area (Å²) in [5.74, 6) is 0.344. The van der Waals surface area contributed by atoms with Crippen molar-refractivity contribution in [3.63, 3.8) is 0 Å². The number of hydrazine groups is 1. The molecule has 2 aromatic heterocycles. The van der Waals surface area contributed by atoms with Crippen LogP contribution in [0, 0.1) is 6.92 Å². The second-order valence-corrected chi connectivity index (χ2v) is 6.36. The van der Waals surface area contributed by atoms with E-state index in [9.17, 15) is 0 Å². The van der Waals surface area contributed by atoms with Gasteiger partial charge in [-0.15, -0.1) is 10.2 Å². The van der Waals surface area contributed by atoms with E-state index in [0.29, 0.717) is 11.1 Å². The molecule has 0 spiro atoms. The van der Waals surface area contributed by atoms with Crippen molar-refractivity contribution in [1.29, 1.82) is 0 Å². The molecule has 3 N–H and O–H groups in total. The Balaban J connectivity index is 1.50. The minimum absolute atomic E-state index is 0.344. The van der Waals surface area contributed by atoms with Crippen molar-refractivity contribution in [3.8, 4) is 0 Å². The zero-order valence-corrected chi connectivity index (χ0v) is 15.1. The molecular formula is C18H17N7S. The molecule has 2 heterocycles. The lowest BCUT2D eigenvalue weighted by molar-refractivity contribution is 0.934. The number of nitrogens with one attached hydrogen (secondary N) is 3. The van der Waals surface area contributed by atoms with Crippen molar-refractivity contribution < 1.29 is 0 Å². The van der Waals surface area contributed by atoms with Crippen molar-refractivity contribution in [1.82, 2.24) is 25.2 Å². The molecule has 4 rings (SSSR count). The number of aromatic nitrogens is 4. The van der Waals surface area contributed by atoms with Crippen molar-refractivity contribution in [2.24, 2.45) is 7.05 Å². The molecular weight excluding hydrogens is 346 g/mol. The average molecular weight is 363 g/mol. The van der Waals surface area contributed by atoms with Crippen LogP contribution in [-0.4, -0.2) is 24.9 Å². The highest BCUT2D eigenvalue weighted by molar-refractivity contribution is 7.80. The van der Waals surface area contributed by atoms with E-state index in [0.717, 1.165) is 27.8 Å². The first-order chi connectivity index (χ1) is 12.6. The molecule has 4 aromatic rings. The van der Waals surface area contributed by atoms with Gasteiger partial charge in [-0.2, -0.15) is 4.98 Å². The second-order valence-electron chi connectivity index (χ2n) is 5.95. The summed E-state index contributed by atoms with van der Waals surface area (Å²) < 4.78 is 1.99. The summed E-state index contributed by atoms with van der Waals surface area (Å²) in [6.45, 7) is 2.04. The summed E-state index contributed by atoms with van der Waals surface area (Å²) in [4.78, 5) is 4.53. The summed E-state index contributed by atoms with van der Waals surface area (Å²) >= 11 is 5.28.